The van der Waals surface area contributed by atoms with Gasteiger partial charge in [0.2, 0.25) is 0 Å². The van der Waals surface area contributed by atoms with Crippen LogP contribution in [-0.2, 0) is 0 Å². The second-order valence-electron chi connectivity index (χ2n) is 6.79. The van der Waals surface area contributed by atoms with E-state index in [9.17, 15) is 4.79 Å². The van der Waals surface area contributed by atoms with E-state index in [0.29, 0.717) is 23.0 Å². The Morgan fingerprint density at radius 3 is 2.38 bits per heavy atom. The number of hydrogen-bond acceptors (Lipinski definition) is 1. The number of nitrogens with one attached hydrogen (secondary N) is 1. The molecule has 0 bridgehead atoms. The van der Waals surface area contributed by atoms with Gasteiger partial charge in [-0.1, -0.05) is 67.9 Å². The van der Waals surface area contributed by atoms with E-state index in [4.69, 9.17) is 11.6 Å². The first-order valence-corrected chi connectivity index (χ1v) is 9.17. The van der Waals surface area contributed by atoms with E-state index in [2.05, 4.69) is 23.7 Å². The minimum absolute atomic E-state index is 0.0563. The molecule has 3 nitrogen and oxygen atoms in total. The van der Waals surface area contributed by atoms with Gasteiger partial charge >= 0.3 is 0 Å². The molecule has 0 aliphatic rings. The Morgan fingerprint density at radius 1 is 1.08 bits per heavy atom. The van der Waals surface area contributed by atoms with Gasteiger partial charge in [-0.25, -0.2) is 0 Å². The Labute approximate surface area is 159 Å². The monoisotopic (exact) mass is 366 g/mol. The number of aromatic nitrogens is 1. The molecule has 0 fully saturated rings. The maximum absolute atomic E-state index is 12.7. The third-order valence-electron chi connectivity index (χ3n) is 4.33. The van der Waals surface area contributed by atoms with Crippen molar-refractivity contribution in [1.29, 1.82) is 0 Å². The molecule has 3 rings (SSSR count). The van der Waals surface area contributed by atoms with Crippen molar-refractivity contribution in [2.24, 2.45) is 5.92 Å². The molecule has 1 N–H and O–H groups in total. The van der Waals surface area contributed by atoms with Gasteiger partial charge in [0, 0.05) is 12.2 Å². The van der Waals surface area contributed by atoms with Crippen LogP contribution in [0.25, 0.3) is 16.9 Å². The van der Waals surface area contributed by atoms with Gasteiger partial charge in [0.25, 0.3) is 5.91 Å². The largest absolute Gasteiger partial charge is 0.352 e. The number of nitrogens with zero attached hydrogens (tertiary/aromatic N) is 1. The van der Waals surface area contributed by atoms with E-state index in [1.54, 1.807) is 0 Å². The lowest BCUT2D eigenvalue weighted by molar-refractivity contribution is 0.0948. The Kier molecular flexibility index (Phi) is 5.48. The number of para-hydroxylation sites is 1. The highest BCUT2D eigenvalue weighted by molar-refractivity contribution is 6.32. The van der Waals surface area contributed by atoms with Crippen molar-refractivity contribution in [3.05, 3.63) is 76.9 Å². The zero-order valence-electron chi connectivity index (χ0n) is 15.3. The number of rotatable bonds is 5. The lowest BCUT2D eigenvalue weighted by atomic mass is 10.1. The zero-order valence-corrected chi connectivity index (χ0v) is 16.0. The molecule has 0 unspecified atom stereocenters. The predicted molar refractivity (Wildman–Crippen MR) is 108 cm³/mol. The lowest BCUT2D eigenvalue weighted by Gasteiger charge is -2.14. The fraction of sp³-hybridized carbons (Fsp3) is 0.227. The van der Waals surface area contributed by atoms with Gasteiger partial charge in [0.1, 0.15) is 0 Å². The fourth-order valence-corrected chi connectivity index (χ4v) is 3.21. The van der Waals surface area contributed by atoms with Crippen LogP contribution in [0.5, 0.6) is 0 Å². The molecule has 0 saturated heterocycles. The number of carbonyl (C=O) groups excluding carboxylic acids is 1. The van der Waals surface area contributed by atoms with Crippen molar-refractivity contribution in [2.75, 3.05) is 6.54 Å². The van der Waals surface area contributed by atoms with Crippen molar-refractivity contribution in [2.45, 2.75) is 20.8 Å². The van der Waals surface area contributed by atoms with Gasteiger partial charge in [0.05, 0.1) is 22.0 Å². The van der Waals surface area contributed by atoms with E-state index in [1.807, 2.05) is 67.6 Å². The molecule has 0 aliphatic carbocycles. The van der Waals surface area contributed by atoms with Crippen LogP contribution in [0, 0.1) is 12.8 Å². The van der Waals surface area contributed by atoms with Gasteiger partial charge < -0.3 is 9.88 Å². The summed E-state index contributed by atoms with van der Waals surface area (Å²) in [5.74, 6) is 0.345. The van der Waals surface area contributed by atoms with E-state index in [-0.39, 0.29) is 5.91 Å². The normalized spacial score (nSPS) is 11.0. The summed E-state index contributed by atoms with van der Waals surface area (Å²) in [6, 6.07) is 19.7. The quantitative estimate of drug-likeness (QED) is 0.636. The van der Waals surface area contributed by atoms with Gasteiger partial charge in [-0.05, 0) is 36.6 Å². The van der Waals surface area contributed by atoms with Gasteiger partial charge in [-0.15, -0.1) is 0 Å². The summed E-state index contributed by atoms with van der Waals surface area (Å²) in [7, 11) is 0. The Hall–Kier alpha value is -2.52. The molecule has 1 aromatic heterocycles. The zero-order chi connectivity index (χ0) is 18.7. The molecular weight excluding hydrogens is 344 g/mol. The van der Waals surface area contributed by atoms with Crippen molar-refractivity contribution in [3.63, 3.8) is 0 Å². The standard InChI is InChI=1S/C22H23ClN2O/c1-15(2)14-24-22(26)18-13-21(17-9-5-4-6-10-17)25(16(18)3)20-12-8-7-11-19(20)23/h4-13,15H,14H2,1-3H3,(H,24,26). The molecule has 0 radical (unpaired) electrons. The van der Waals surface area contributed by atoms with Crippen molar-refractivity contribution >= 4 is 17.5 Å². The van der Waals surface area contributed by atoms with E-state index < -0.39 is 0 Å². The van der Waals surface area contributed by atoms with Gasteiger partial charge in [-0.2, -0.15) is 0 Å². The maximum atomic E-state index is 12.7. The number of benzene rings is 2. The first-order chi connectivity index (χ1) is 12.5. The highest BCUT2D eigenvalue weighted by Crippen LogP contribution is 2.32. The average molecular weight is 367 g/mol. The molecule has 0 atom stereocenters. The summed E-state index contributed by atoms with van der Waals surface area (Å²) in [6.45, 7) is 6.77. The lowest BCUT2D eigenvalue weighted by Crippen LogP contribution is -2.27. The maximum Gasteiger partial charge on any atom is 0.253 e. The molecule has 4 heteroatoms. The minimum Gasteiger partial charge on any atom is -0.352 e. The molecule has 1 heterocycles. The predicted octanol–water partition coefficient (Wildman–Crippen LogP) is 5.49. The Balaban J connectivity index is 2.15. The third kappa shape index (κ3) is 3.68. The smallest absolute Gasteiger partial charge is 0.253 e. The fourth-order valence-electron chi connectivity index (χ4n) is 2.99. The topological polar surface area (TPSA) is 34.0 Å². The van der Waals surface area contributed by atoms with Crippen LogP contribution in [0.4, 0.5) is 0 Å². The van der Waals surface area contributed by atoms with Crippen LogP contribution >= 0.6 is 11.6 Å². The van der Waals surface area contributed by atoms with Crippen LogP contribution < -0.4 is 5.32 Å². The van der Waals surface area contributed by atoms with Gasteiger partial charge in [0.15, 0.2) is 0 Å². The van der Waals surface area contributed by atoms with Crippen LogP contribution in [-0.4, -0.2) is 17.0 Å². The van der Waals surface area contributed by atoms with Crippen LogP contribution in [0.15, 0.2) is 60.7 Å². The summed E-state index contributed by atoms with van der Waals surface area (Å²) >= 11 is 6.46. The SMILES string of the molecule is Cc1c(C(=O)NCC(C)C)cc(-c2ccccc2)n1-c1ccccc1Cl. The van der Waals surface area contributed by atoms with Gasteiger partial charge in [-0.3, -0.25) is 4.79 Å². The number of amides is 1. The second kappa shape index (κ2) is 7.79. The number of carbonyl (C=O) groups is 1. The van der Waals surface area contributed by atoms with Crippen LogP contribution in [0.1, 0.15) is 29.9 Å². The van der Waals surface area contributed by atoms with Crippen molar-refractivity contribution in [1.82, 2.24) is 9.88 Å². The molecule has 2 aromatic carbocycles. The summed E-state index contributed by atoms with van der Waals surface area (Å²) in [4.78, 5) is 12.7. The van der Waals surface area contributed by atoms with Crippen molar-refractivity contribution in [3.8, 4) is 16.9 Å². The molecule has 3 aromatic rings. The molecule has 26 heavy (non-hydrogen) atoms. The molecule has 134 valence electrons. The Bertz CT molecular complexity index is 913. The minimum atomic E-state index is -0.0563. The Morgan fingerprint density at radius 2 is 1.73 bits per heavy atom. The summed E-state index contributed by atoms with van der Waals surface area (Å²) in [5.41, 5.74) is 4.40. The highest BCUT2D eigenvalue weighted by Gasteiger charge is 2.20. The van der Waals surface area contributed by atoms with E-state index in [0.717, 1.165) is 22.6 Å². The molecule has 0 spiro atoms. The molecule has 0 aliphatic heterocycles. The number of hydrogen-bond donors (Lipinski definition) is 1. The second-order valence-corrected chi connectivity index (χ2v) is 7.19. The van der Waals surface area contributed by atoms with E-state index >= 15 is 0 Å². The summed E-state index contributed by atoms with van der Waals surface area (Å²) in [6.07, 6.45) is 0. The summed E-state index contributed by atoms with van der Waals surface area (Å²) < 4.78 is 2.06. The average Bonchev–Trinajstić information content (AvgIpc) is 2.98. The van der Waals surface area contributed by atoms with Crippen LogP contribution in [0.2, 0.25) is 5.02 Å². The highest BCUT2D eigenvalue weighted by atomic mass is 35.5. The first kappa shape index (κ1) is 18.3. The van der Waals surface area contributed by atoms with E-state index in [1.165, 1.54) is 0 Å². The molecule has 1 amide bonds. The number of halogens is 1. The third-order valence-corrected chi connectivity index (χ3v) is 4.65. The summed E-state index contributed by atoms with van der Waals surface area (Å²) in [5, 5.41) is 3.66. The van der Waals surface area contributed by atoms with Crippen molar-refractivity contribution < 1.29 is 4.79 Å². The van der Waals surface area contributed by atoms with Crippen LogP contribution in [0.3, 0.4) is 0 Å². The first-order valence-electron chi connectivity index (χ1n) is 8.80. The molecule has 0 saturated carbocycles. The molecular formula is C22H23ClN2O.